The zero-order valence-electron chi connectivity index (χ0n) is 22.2. The molecule has 1 aliphatic heterocycles. The van der Waals surface area contributed by atoms with Crippen molar-refractivity contribution in [2.75, 3.05) is 31.1 Å². The van der Waals surface area contributed by atoms with Gasteiger partial charge in [-0.05, 0) is 60.7 Å². The summed E-state index contributed by atoms with van der Waals surface area (Å²) in [4.78, 5) is 57.1. The molecule has 11 heteroatoms. The number of benzene rings is 3. The molecule has 1 fully saturated rings. The highest BCUT2D eigenvalue weighted by Crippen LogP contribution is 2.36. The minimum absolute atomic E-state index is 0.0384. The quantitative estimate of drug-likeness (QED) is 0.281. The Kier molecular flexibility index (Phi) is 10.0. The number of halogens is 4. The molecule has 7 nitrogen and oxygen atoms in total. The summed E-state index contributed by atoms with van der Waals surface area (Å²) < 4.78 is 14.0. The monoisotopic (exact) mass is 617 g/mol. The van der Waals surface area contributed by atoms with E-state index in [1.807, 2.05) is 0 Å². The lowest BCUT2D eigenvalue weighted by molar-refractivity contribution is -0.139. The van der Waals surface area contributed by atoms with E-state index in [2.05, 4.69) is 0 Å². The molecule has 1 saturated heterocycles. The molecule has 3 amide bonds. The van der Waals surface area contributed by atoms with E-state index in [0.717, 1.165) is 12.1 Å². The third-order valence-corrected chi connectivity index (χ3v) is 7.73. The molecule has 1 atom stereocenters. The minimum atomic E-state index is -1.29. The zero-order valence-corrected chi connectivity index (χ0v) is 24.4. The van der Waals surface area contributed by atoms with Crippen LogP contribution in [0.1, 0.15) is 41.7 Å². The Hall–Kier alpha value is -3.46. The average molecular weight is 619 g/mol. The predicted octanol–water partition coefficient (Wildman–Crippen LogP) is 6.21. The number of ketones is 1. The number of hydrogen-bond acceptors (Lipinski definition) is 4. The maximum Gasteiger partial charge on any atom is 0.228 e. The molecule has 0 N–H and O–H groups in total. The van der Waals surface area contributed by atoms with E-state index < -0.39 is 23.5 Å². The van der Waals surface area contributed by atoms with Gasteiger partial charge in [-0.3, -0.25) is 24.1 Å². The summed E-state index contributed by atoms with van der Waals surface area (Å²) in [5.41, 5.74) is 0.809. The van der Waals surface area contributed by atoms with E-state index in [-0.39, 0.29) is 40.8 Å². The third kappa shape index (κ3) is 7.44. The zero-order chi connectivity index (χ0) is 29.7. The van der Waals surface area contributed by atoms with Crippen LogP contribution in [0.15, 0.2) is 66.7 Å². The van der Waals surface area contributed by atoms with Gasteiger partial charge in [-0.15, -0.1) is 0 Å². The lowest BCUT2D eigenvalue weighted by atomic mass is 9.94. The van der Waals surface area contributed by atoms with Gasteiger partial charge in [-0.25, -0.2) is 4.39 Å². The van der Waals surface area contributed by atoms with Gasteiger partial charge < -0.3 is 9.80 Å². The fraction of sp³-hybridized carbons (Fsp3) is 0.267. The first-order valence-corrected chi connectivity index (χ1v) is 14.0. The second kappa shape index (κ2) is 13.5. The maximum atomic E-state index is 14.0. The molecule has 214 valence electrons. The predicted molar refractivity (Wildman–Crippen MR) is 157 cm³/mol. The second-order valence-electron chi connectivity index (χ2n) is 9.57. The van der Waals surface area contributed by atoms with Crippen molar-refractivity contribution in [3.05, 3.63) is 98.7 Å². The van der Waals surface area contributed by atoms with Crippen LogP contribution in [-0.4, -0.2) is 59.5 Å². The van der Waals surface area contributed by atoms with Gasteiger partial charge in [0, 0.05) is 77.8 Å². The van der Waals surface area contributed by atoms with Crippen LogP contribution in [0.4, 0.5) is 10.1 Å². The highest BCUT2D eigenvalue weighted by Gasteiger charge is 2.35. The van der Waals surface area contributed by atoms with Crippen molar-refractivity contribution < 1.29 is 23.6 Å². The summed E-state index contributed by atoms with van der Waals surface area (Å²) in [6, 6.07) is 14.8. The van der Waals surface area contributed by atoms with Crippen molar-refractivity contribution in [3.8, 4) is 0 Å². The topological polar surface area (TPSA) is 78.0 Å². The number of carbonyl (C=O) groups is 4. The summed E-state index contributed by atoms with van der Waals surface area (Å²) in [5.74, 6) is -1.89. The molecule has 4 rings (SSSR count). The number of rotatable bonds is 8. The van der Waals surface area contributed by atoms with Crippen molar-refractivity contribution in [1.29, 1.82) is 0 Å². The van der Waals surface area contributed by atoms with Gasteiger partial charge >= 0.3 is 0 Å². The van der Waals surface area contributed by atoms with Crippen LogP contribution >= 0.6 is 34.8 Å². The number of Topliss-reactive ketones (excluding diaryl/α,β-unsaturated/α-hetero) is 1. The molecular formula is C30H27Cl3FN3O4. The molecule has 41 heavy (non-hydrogen) atoms. The van der Waals surface area contributed by atoms with Crippen molar-refractivity contribution in [2.45, 2.75) is 25.8 Å². The second-order valence-corrected chi connectivity index (χ2v) is 10.8. The van der Waals surface area contributed by atoms with E-state index >= 15 is 0 Å². The molecule has 0 bridgehead atoms. The molecule has 0 radical (unpaired) electrons. The highest BCUT2D eigenvalue weighted by atomic mass is 35.5. The lowest BCUT2D eigenvalue weighted by Gasteiger charge is -2.35. The van der Waals surface area contributed by atoms with Crippen molar-refractivity contribution in [1.82, 2.24) is 9.80 Å². The van der Waals surface area contributed by atoms with Crippen LogP contribution in [0.25, 0.3) is 0 Å². The van der Waals surface area contributed by atoms with Gasteiger partial charge in [0.2, 0.25) is 17.7 Å². The highest BCUT2D eigenvalue weighted by molar-refractivity contribution is 6.32. The van der Waals surface area contributed by atoms with E-state index in [4.69, 9.17) is 34.8 Å². The smallest absolute Gasteiger partial charge is 0.228 e. The van der Waals surface area contributed by atoms with Crippen LogP contribution in [0.3, 0.4) is 0 Å². The first kappa shape index (κ1) is 30.5. The maximum absolute atomic E-state index is 14.0. The van der Waals surface area contributed by atoms with E-state index in [1.165, 1.54) is 30.0 Å². The van der Waals surface area contributed by atoms with Crippen molar-refractivity contribution >= 4 is 64.0 Å². The molecule has 0 spiro atoms. The first-order chi connectivity index (χ1) is 19.5. The van der Waals surface area contributed by atoms with Crippen molar-refractivity contribution in [3.63, 3.8) is 0 Å². The van der Waals surface area contributed by atoms with Gasteiger partial charge in [-0.1, -0.05) is 40.9 Å². The Labute approximate surface area is 252 Å². The fourth-order valence-corrected chi connectivity index (χ4v) is 5.22. The lowest BCUT2D eigenvalue weighted by Crippen LogP contribution is -2.50. The number of anilines is 1. The summed E-state index contributed by atoms with van der Waals surface area (Å²) in [5, 5.41) is 0.802. The fourth-order valence-electron chi connectivity index (χ4n) is 4.69. The minimum Gasteiger partial charge on any atom is -0.339 e. The Morgan fingerprint density at radius 2 is 1.37 bits per heavy atom. The normalized spacial score (nSPS) is 14.0. The summed E-state index contributed by atoms with van der Waals surface area (Å²) in [6.45, 7) is 3.07. The van der Waals surface area contributed by atoms with Crippen molar-refractivity contribution in [2.24, 2.45) is 0 Å². The third-order valence-electron chi connectivity index (χ3n) is 6.90. The number of amides is 3. The molecule has 0 aliphatic carbocycles. The van der Waals surface area contributed by atoms with Crippen LogP contribution in [0.2, 0.25) is 15.1 Å². The van der Waals surface area contributed by atoms with Gasteiger partial charge in [0.05, 0.1) is 0 Å². The SMILES string of the molecule is CC(=O)N1CCN(C(=O)CCC(=O)N(c2ccc(Cl)cc2)C(C(=O)c2ccc(Cl)cc2)c2ccc(F)cc2Cl)CC1. The van der Waals surface area contributed by atoms with Crippen LogP contribution in [-0.2, 0) is 14.4 Å². The van der Waals surface area contributed by atoms with Crippen LogP contribution < -0.4 is 4.90 Å². The molecule has 1 unspecified atom stereocenters. The van der Waals surface area contributed by atoms with Gasteiger partial charge in [-0.2, -0.15) is 0 Å². The van der Waals surface area contributed by atoms with E-state index in [9.17, 15) is 23.6 Å². The van der Waals surface area contributed by atoms with Gasteiger partial charge in [0.1, 0.15) is 11.9 Å². The van der Waals surface area contributed by atoms with Crippen LogP contribution in [0.5, 0.6) is 0 Å². The molecule has 0 aromatic heterocycles. The Bertz CT molecular complexity index is 1440. The molecular weight excluding hydrogens is 592 g/mol. The van der Waals surface area contributed by atoms with Gasteiger partial charge in [0.15, 0.2) is 5.78 Å². The largest absolute Gasteiger partial charge is 0.339 e. The Morgan fingerprint density at radius 1 is 0.805 bits per heavy atom. The number of nitrogens with zero attached hydrogens (tertiary/aromatic N) is 3. The standard InChI is InChI=1S/C30H27Cl3FN3O4/c1-19(38)35-14-16-36(17-15-35)27(39)12-13-28(40)37(24-9-6-22(32)7-10-24)29(25-11-8-23(34)18-26(25)33)30(41)20-2-4-21(31)5-3-20/h2-11,18,29H,12-17H2,1H3. The first-order valence-electron chi connectivity index (χ1n) is 12.9. The Balaban J connectivity index is 1.68. The summed E-state index contributed by atoms with van der Waals surface area (Å²) in [7, 11) is 0. The molecule has 3 aromatic rings. The summed E-state index contributed by atoms with van der Waals surface area (Å²) >= 11 is 18.6. The van der Waals surface area contributed by atoms with E-state index in [1.54, 1.807) is 46.2 Å². The van der Waals surface area contributed by atoms with E-state index in [0.29, 0.717) is 41.9 Å². The summed E-state index contributed by atoms with van der Waals surface area (Å²) in [6.07, 6.45) is -0.320. The van der Waals surface area contributed by atoms with Crippen LogP contribution in [0, 0.1) is 5.82 Å². The number of hydrogen-bond donors (Lipinski definition) is 0. The Morgan fingerprint density at radius 3 is 1.93 bits per heavy atom. The molecule has 3 aromatic carbocycles. The number of carbonyl (C=O) groups excluding carboxylic acids is 4. The molecule has 1 heterocycles. The number of piperazine rings is 1. The molecule has 0 saturated carbocycles. The average Bonchev–Trinajstić information content (AvgIpc) is 2.95. The van der Waals surface area contributed by atoms with Gasteiger partial charge in [0.25, 0.3) is 0 Å². The molecule has 1 aliphatic rings.